The Labute approximate surface area is 223 Å². The summed E-state index contributed by atoms with van der Waals surface area (Å²) in [5.41, 5.74) is 1.27. The summed E-state index contributed by atoms with van der Waals surface area (Å²) in [4.78, 5) is 37.9. The van der Waals surface area contributed by atoms with Gasteiger partial charge in [0.05, 0.1) is 7.11 Å². The summed E-state index contributed by atoms with van der Waals surface area (Å²) in [7, 11) is 1.48. The summed E-state index contributed by atoms with van der Waals surface area (Å²) < 4.78 is 4.92. The molecule has 0 aliphatic heterocycles. The highest BCUT2D eigenvalue weighted by Gasteiger charge is 2.62. The van der Waals surface area contributed by atoms with E-state index >= 15 is 0 Å². The predicted octanol–water partition coefficient (Wildman–Crippen LogP) is 7.30. The molecule has 0 amide bonds. The summed E-state index contributed by atoms with van der Waals surface area (Å²) in [5.74, 6) is 4.31. The molecule has 9 atom stereocenters. The van der Waals surface area contributed by atoms with Gasteiger partial charge in [-0.25, -0.2) is 0 Å². The predicted molar refractivity (Wildman–Crippen MR) is 145 cm³/mol. The second-order valence-corrected chi connectivity index (χ2v) is 13.5. The molecule has 4 nitrogen and oxygen atoms in total. The van der Waals surface area contributed by atoms with Crippen LogP contribution in [0, 0.1) is 52.3 Å². The monoisotopic (exact) mass is 506 g/mol. The fourth-order valence-corrected chi connectivity index (χ4v) is 10.1. The lowest BCUT2D eigenvalue weighted by atomic mass is 9.42. The number of hydrogen-bond donors (Lipinski definition) is 0. The molecule has 37 heavy (non-hydrogen) atoms. The second-order valence-electron chi connectivity index (χ2n) is 13.5. The largest absolute Gasteiger partial charge is 0.469 e. The average molecular weight is 507 g/mol. The standard InChI is InChI=1S/C33H46O4/c1-21(10-13-31(36)37-4)26-11-12-27-25-18-23(19-30(35)22-8-6-5-7-9-22)29-20-24(34)14-16-33(29,3)28(25)15-17-32(26,27)2/h5-9,21,23,25-29H,10-20H2,1-4H3/t21-,23-,25?,26?,27?,28?,29+,32?,33?/m1/s1. The minimum absolute atomic E-state index is 0.0979. The summed E-state index contributed by atoms with van der Waals surface area (Å²) in [6.07, 6.45) is 10.5. The van der Waals surface area contributed by atoms with E-state index in [9.17, 15) is 14.4 Å². The van der Waals surface area contributed by atoms with Gasteiger partial charge in [-0.15, -0.1) is 0 Å². The maximum Gasteiger partial charge on any atom is 0.305 e. The van der Waals surface area contributed by atoms with E-state index in [-0.39, 0.29) is 17.2 Å². The number of rotatable bonds is 7. The molecule has 6 unspecified atom stereocenters. The fourth-order valence-electron chi connectivity index (χ4n) is 10.1. The van der Waals surface area contributed by atoms with E-state index in [1.165, 1.54) is 32.8 Å². The zero-order valence-corrected chi connectivity index (χ0v) is 23.3. The number of carbonyl (C=O) groups is 3. The van der Waals surface area contributed by atoms with Crippen molar-refractivity contribution in [2.75, 3.05) is 7.11 Å². The van der Waals surface area contributed by atoms with Gasteiger partial charge in [-0.1, -0.05) is 51.1 Å². The summed E-state index contributed by atoms with van der Waals surface area (Å²) >= 11 is 0. The molecule has 0 heterocycles. The van der Waals surface area contributed by atoms with Gasteiger partial charge in [0.15, 0.2) is 5.78 Å². The number of esters is 1. The van der Waals surface area contributed by atoms with Crippen LogP contribution < -0.4 is 0 Å². The first-order chi connectivity index (χ1) is 17.7. The van der Waals surface area contributed by atoms with Crippen LogP contribution in [0.5, 0.6) is 0 Å². The van der Waals surface area contributed by atoms with Gasteiger partial charge < -0.3 is 4.74 Å². The van der Waals surface area contributed by atoms with E-state index in [2.05, 4.69) is 20.8 Å². The Kier molecular flexibility index (Phi) is 7.41. The summed E-state index contributed by atoms with van der Waals surface area (Å²) in [5, 5.41) is 0. The third-order valence-electron chi connectivity index (χ3n) is 12.0. The van der Waals surface area contributed by atoms with E-state index in [4.69, 9.17) is 4.74 Å². The van der Waals surface area contributed by atoms with Gasteiger partial charge in [0.25, 0.3) is 0 Å². The van der Waals surface area contributed by atoms with Gasteiger partial charge in [0.2, 0.25) is 0 Å². The number of ketones is 2. The molecule has 1 aromatic rings. The smallest absolute Gasteiger partial charge is 0.305 e. The number of ether oxygens (including phenoxy) is 1. The van der Waals surface area contributed by atoms with Crippen LogP contribution in [0.15, 0.2) is 30.3 Å². The topological polar surface area (TPSA) is 60.4 Å². The van der Waals surface area contributed by atoms with Crippen LogP contribution in [-0.2, 0) is 14.3 Å². The molecule has 4 aliphatic rings. The van der Waals surface area contributed by atoms with Gasteiger partial charge in [-0.2, -0.15) is 0 Å². The lowest BCUT2D eigenvalue weighted by Gasteiger charge is -2.62. The van der Waals surface area contributed by atoms with Crippen LogP contribution in [0.25, 0.3) is 0 Å². The number of hydrogen-bond acceptors (Lipinski definition) is 4. The molecule has 0 aromatic heterocycles. The molecule has 0 bridgehead atoms. The second kappa shape index (κ2) is 10.3. The molecule has 4 heteroatoms. The van der Waals surface area contributed by atoms with Gasteiger partial charge in [-0.3, -0.25) is 14.4 Å². The summed E-state index contributed by atoms with van der Waals surface area (Å²) in [6, 6.07) is 9.74. The zero-order chi connectivity index (χ0) is 26.4. The van der Waals surface area contributed by atoms with E-state index in [0.29, 0.717) is 78.3 Å². The molecule has 4 aliphatic carbocycles. The van der Waals surface area contributed by atoms with Crippen molar-refractivity contribution in [1.29, 1.82) is 0 Å². The van der Waals surface area contributed by atoms with Crippen molar-refractivity contribution >= 4 is 17.5 Å². The van der Waals surface area contributed by atoms with Gasteiger partial charge in [0, 0.05) is 31.2 Å². The molecule has 1 aromatic carbocycles. The van der Waals surface area contributed by atoms with Crippen molar-refractivity contribution in [1.82, 2.24) is 0 Å². The molecule has 4 saturated carbocycles. The number of methoxy groups -OCH3 is 1. The Balaban J connectivity index is 1.40. The van der Waals surface area contributed by atoms with Crippen LogP contribution in [0.1, 0.15) is 102 Å². The SMILES string of the molecule is COC(=O)CC[C@@H](C)C1CCC2C3C[C@H](CC(=O)c4ccccc4)[C@@H]4CC(=O)CCC4(C)C3CCC21C. The van der Waals surface area contributed by atoms with Crippen LogP contribution in [0.4, 0.5) is 0 Å². The van der Waals surface area contributed by atoms with Crippen molar-refractivity contribution in [3.63, 3.8) is 0 Å². The minimum atomic E-state index is -0.0979. The molecule has 5 rings (SSSR count). The first-order valence-electron chi connectivity index (χ1n) is 14.8. The third kappa shape index (κ3) is 4.72. The third-order valence-corrected chi connectivity index (χ3v) is 12.0. The van der Waals surface area contributed by atoms with Crippen molar-refractivity contribution in [3.8, 4) is 0 Å². The van der Waals surface area contributed by atoms with Gasteiger partial charge >= 0.3 is 5.97 Å². The lowest BCUT2D eigenvalue weighted by molar-refractivity contribution is -0.152. The Morgan fingerprint density at radius 3 is 2.46 bits per heavy atom. The average Bonchev–Trinajstić information content (AvgIpc) is 3.26. The quantitative estimate of drug-likeness (QED) is 0.287. The first-order valence-corrected chi connectivity index (χ1v) is 14.8. The Bertz CT molecular complexity index is 1020. The van der Waals surface area contributed by atoms with Crippen molar-refractivity contribution < 1.29 is 19.1 Å². The number of carbonyl (C=O) groups excluding carboxylic acids is 3. The van der Waals surface area contributed by atoms with Crippen molar-refractivity contribution in [3.05, 3.63) is 35.9 Å². The van der Waals surface area contributed by atoms with E-state index in [1.807, 2.05) is 30.3 Å². The fraction of sp³-hybridized carbons (Fsp3) is 0.727. The van der Waals surface area contributed by atoms with Crippen LogP contribution in [0.2, 0.25) is 0 Å². The molecule has 4 fully saturated rings. The highest BCUT2D eigenvalue weighted by molar-refractivity contribution is 5.96. The Hall–Kier alpha value is -1.97. The Morgan fingerprint density at radius 2 is 1.73 bits per heavy atom. The van der Waals surface area contributed by atoms with E-state index < -0.39 is 0 Å². The zero-order valence-electron chi connectivity index (χ0n) is 23.3. The summed E-state index contributed by atoms with van der Waals surface area (Å²) in [6.45, 7) is 7.37. The maximum atomic E-state index is 13.4. The van der Waals surface area contributed by atoms with Crippen molar-refractivity contribution in [2.24, 2.45) is 52.3 Å². The first kappa shape index (κ1) is 26.6. The highest BCUT2D eigenvalue weighted by atomic mass is 16.5. The van der Waals surface area contributed by atoms with Gasteiger partial charge in [0.1, 0.15) is 5.78 Å². The van der Waals surface area contributed by atoms with Crippen LogP contribution in [0.3, 0.4) is 0 Å². The minimum Gasteiger partial charge on any atom is -0.469 e. The molecule has 202 valence electrons. The molecule has 0 saturated heterocycles. The molecule has 0 spiro atoms. The molecule has 0 N–H and O–H groups in total. The van der Waals surface area contributed by atoms with Crippen molar-refractivity contribution in [2.45, 2.75) is 91.4 Å². The van der Waals surface area contributed by atoms with Crippen LogP contribution >= 0.6 is 0 Å². The maximum absolute atomic E-state index is 13.4. The number of benzene rings is 1. The van der Waals surface area contributed by atoms with Gasteiger partial charge in [-0.05, 0) is 97.2 Å². The van der Waals surface area contributed by atoms with E-state index in [0.717, 1.165) is 24.8 Å². The molecular formula is C33H46O4. The van der Waals surface area contributed by atoms with E-state index in [1.54, 1.807) is 0 Å². The van der Waals surface area contributed by atoms with Crippen LogP contribution in [-0.4, -0.2) is 24.6 Å². The lowest BCUT2D eigenvalue weighted by Crippen LogP contribution is -2.56. The number of fused-ring (bicyclic) bond motifs is 5. The highest BCUT2D eigenvalue weighted by Crippen LogP contribution is 2.69. The molecule has 0 radical (unpaired) electrons. The normalized spacial score (nSPS) is 39.7. The number of Topliss-reactive ketones (excluding diaryl/α,β-unsaturated/α-hetero) is 2. The Morgan fingerprint density at radius 1 is 1.00 bits per heavy atom. The molecular weight excluding hydrogens is 460 g/mol.